The summed E-state index contributed by atoms with van der Waals surface area (Å²) in [5.74, 6) is -0.264. The number of hydrogen-bond donors (Lipinski definition) is 1. The zero-order valence-corrected chi connectivity index (χ0v) is 10.7. The molecule has 0 bridgehead atoms. The van der Waals surface area contributed by atoms with E-state index in [4.69, 9.17) is 27.9 Å². The first kappa shape index (κ1) is 12.3. The Kier molecular flexibility index (Phi) is 3.60. The number of esters is 1. The molecule has 17 heavy (non-hydrogen) atoms. The molecule has 1 aliphatic rings. The van der Waals surface area contributed by atoms with E-state index in [0.717, 1.165) is 11.4 Å². The Morgan fingerprint density at radius 1 is 1.41 bits per heavy atom. The molecule has 0 unspecified atom stereocenters. The van der Waals surface area contributed by atoms with E-state index < -0.39 is 0 Å². The molecule has 1 aromatic rings. The fraction of sp³-hybridized carbons (Fsp3) is 0.250. The molecular weight excluding hydrogens is 261 g/mol. The van der Waals surface area contributed by atoms with Crippen LogP contribution >= 0.6 is 23.2 Å². The molecule has 1 saturated heterocycles. The second-order valence-corrected chi connectivity index (χ2v) is 4.58. The molecule has 0 aromatic heterocycles. The Bertz CT molecular complexity index is 497. The lowest BCUT2D eigenvalue weighted by Crippen LogP contribution is -2.05. The lowest BCUT2D eigenvalue weighted by Gasteiger charge is -2.10. The number of allylic oxidation sites excluding steroid dienone is 1. The van der Waals surface area contributed by atoms with E-state index in [1.54, 1.807) is 18.2 Å². The van der Waals surface area contributed by atoms with Gasteiger partial charge in [0, 0.05) is 17.1 Å². The first-order chi connectivity index (χ1) is 8.08. The molecule has 1 aromatic carbocycles. The predicted molar refractivity (Wildman–Crippen MR) is 68.4 cm³/mol. The van der Waals surface area contributed by atoms with Gasteiger partial charge in [-0.2, -0.15) is 0 Å². The first-order valence-electron chi connectivity index (χ1n) is 5.17. The fourth-order valence-electron chi connectivity index (χ4n) is 1.64. The summed E-state index contributed by atoms with van der Waals surface area (Å²) in [5.41, 5.74) is 2.15. The second kappa shape index (κ2) is 4.98. The molecule has 0 spiro atoms. The molecule has 0 amide bonds. The van der Waals surface area contributed by atoms with E-state index in [0.29, 0.717) is 28.6 Å². The maximum absolute atomic E-state index is 11.4. The fourth-order valence-corrected chi connectivity index (χ4v) is 2.10. The maximum atomic E-state index is 11.4. The van der Waals surface area contributed by atoms with Gasteiger partial charge in [0.15, 0.2) is 0 Å². The number of cyclic esters (lactones) is 1. The minimum absolute atomic E-state index is 0.264. The molecule has 0 radical (unpaired) electrons. The van der Waals surface area contributed by atoms with Gasteiger partial charge in [0.25, 0.3) is 0 Å². The molecule has 0 saturated carbocycles. The second-order valence-electron chi connectivity index (χ2n) is 3.74. The highest BCUT2D eigenvalue weighted by molar-refractivity contribution is 6.36. The van der Waals surface area contributed by atoms with Crippen LogP contribution in [0.3, 0.4) is 0 Å². The minimum atomic E-state index is -0.264. The number of anilines is 1. The Balaban J connectivity index is 2.23. The van der Waals surface area contributed by atoms with Crippen LogP contribution in [-0.2, 0) is 9.53 Å². The van der Waals surface area contributed by atoms with Crippen molar-refractivity contribution in [3.63, 3.8) is 0 Å². The van der Waals surface area contributed by atoms with Gasteiger partial charge in [0.05, 0.1) is 22.9 Å². The number of halogens is 2. The number of benzene rings is 1. The zero-order chi connectivity index (χ0) is 12.4. The maximum Gasteiger partial charge on any atom is 0.335 e. The number of nitrogens with one attached hydrogen (secondary N) is 1. The van der Waals surface area contributed by atoms with Gasteiger partial charge in [0.2, 0.25) is 0 Å². The average molecular weight is 272 g/mol. The van der Waals surface area contributed by atoms with E-state index in [1.807, 2.05) is 6.92 Å². The summed E-state index contributed by atoms with van der Waals surface area (Å²) in [6, 6.07) is 5.16. The molecule has 1 aliphatic heterocycles. The molecule has 90 valence electrons. The molecule has 0 atom stereocenters. The van der Waals surface area contributed by atoms with Crippen molar-refractivity contribution < 1.29 is 9.53 Å². The van der Waals surface area contributed by atoms with Gasteiger partial charge in [-0.15, -0.1) is 0 Å². The highest BCUT2D eigenvalue weighted by Crippen LogP contribution is 2.28. The van der Waals surface area contributed by atoms with E-state index in [2.05, 4.69) is 5.32 Å². The van der Waals surface area contributed by atoms with Gasteiger partial charge in [-0.25, -0.2) is 4.79 Å². The quantitative estimate of drug-likeness (QED) is 0.660. The van der Waals surface area contributed by atoms with E-state index in [9.17, 15) is 4.79 Å². The standard InChI is InChI=1S/C12H11Cl2NO2/c1-7(9-4-5-17-12(9)16)15-11-3-2-8(13)6-10(11)14/h2-3,6,15H,4-5H2,1H3/b9-7-. The topological polar surface area (TPSA) is 38.3 Å². The van der Waals surface area contributed by atoms with Gasteiger partial charge in [-0.1, -0.05) is 23.2 Å². The molecule has 2 rings (SSSR count). The lowest BCUT2D eigenvalue weighted by molar-refractivity contribution is -0.135. The van der Waals surface area contributed by atoms with Gasteiger partial charge in [-0.3, -0.25) is 0 Å². The summed E-state index contributed by atoms with van der Waals surface area (Å²) in [4.78, 5) is 11.4. The van der Waals surface area contributed by atoms with Crippen LogP contribution in [0, 0.1) is 0 Å². The molecule has 1 fully saturated rings. The first-order valence-corrected chi connectivity index (χ1v) is 5.92. The third kappa shape index (κ3) is 2.73. The van der Waals surface area contributed by atoms with Crippen LogP contribution < -0.4 is 5.32 Å². The average Bonchev–Trinajstić information content (AvgIpc) is 2.68. The van der Waals surface area contributed by atoms with Crippen molar-refractivity contribution in [3.8, 4) is 0 Å². The normalized spacial score (nSPS) is 17.9. The van der Waals surface area contributed by atoms with Crippen molar-refractivity contribution in [1.82, 2.24) is 0 Å². The molecule has 0 aliphatic carbocycles. The number of rotatable bonds is 2. The van der Waals surface area contributed by atoms with Crippen LogP contribution in [0.5, 0.6) is 0 Å². The Hall–Kier alpha value is -1.19. The molecule has 1 heterocycles. The summed E-state index contributed by atoms with van der Waals surface area (Å²) in [5, 5.41) is 4.19. The van der Waals surface area contributed by atoms with Crippen molar-refractivity contribution in [1.29, 1.82) is 0 Å². The molecule has 5 heteroatoms. The van der Waals surface area contributed by atoms with Crippen LogP contribution in [0.15, 0.2) is 29.5 Å². The van der Waals surface area contributed by atoms with Crippen LogP contribution in [0.2, 0.25) is 10.0 Å². The number of hydrogen-bond acceptors (Lipinski definition) is 3. The smallest absolute Gasteiger partial charge is 0.335 e. The highest BCUT2D eigenvalue weighted by atomic mass is 35.5. The van der Waals surface area contributed by atoms with Crippen molar-refractivity contribution in [2.24, 2.45) is 0 Å². The molecular formula is C12H11Cl2NO2. The lowest BCUT2D eigenvalue weighted by atomic mass is 10.2. The van der Waals surface area contributed by atoms with E-state index >= 15 is 0 Å². The van der Waals surface area contributed by atoms with Gasteiger partial charge >= 0.3 is 5.97 Å². The summed E-state index contributed by atoms with van der Waals surface area (Å²) in [6.07, 6.45) is 0.628. The number of carbonyl (C=O) groups is 1. The van der Waals surface area contributed by atoms with E-state index in [-0.39, 0.29) is 5.97 Å². The van der Waals surface area contributed by atoms with Crippen LogP contribution in [0.1, 0.15) is 13.3 Å². The Morgan fingerprint density at radius 3 is 2.76 bits per heavy atom. The third-order valence-electron chi connectivity index (χ3n) is 2.54. The van der Waals surface area contributed by atoms with Crippen molar-refractivity contribution in [3.05, 3.63) is 39.5 Å². The van der Waals surface area contributed by atoms with Crippen LogP contribution in [0.25, 0.3) is 0 Å². The van der Waals surface area contributed by atoms with Crippen LogP contribution in [0.4, 0.5) is 5.69 Å². The predicted octanol–water partition coefficient (Wildman–Crippen LogP) is 3.63. The summed E-state index contributed by atoms with van der Waals surface area (Å²) in [6.45, 7) is 2.27. The summed E-state index contributed by atoms with van der Waals surface area (Å²) in [7, 11) is 0. The minimum Gasteiger partial charge on any atom is -0.462 e. The summed E-state index contributed by atoms with van der Waals surface area (Å²) < 4.78 is 4.88. The zero-order valence-electron chi connectivity index (χ0n) is 9.22. The SMILES string of the molecule is C/C(Nc1ccc(Cl)cc1Cl)=C1\CCOC1=O. The van der Waals surface area contributed by atoms with Crippen molar-refractivity contribution in [2.75, 3.05) is 11.9 Å². The highest BCUT2D eigenvalue weighted by Gasteiger charge is 2.21. The van der Waals surface area contributed by atoms with Crippen LogP contribution in [-0.4, -0.2) is 12.6 Å². The third-order valence-corrected chi connectivity index (χ3v) is 3.09. The largest absolute Gasteiger partial charge is 0.462 e. The van der Waals surface area contributed by atoms with Crippen molar-refractivity contribution in [2.45, 2.75) is 13.3 Å². The monoisotopic (exact) mass is 271 g/mol. The Morgan fingerprint density at radius 2 is 2.18 bits per heavy atom. The van der Waals surface area contributed by atoms with Gasteiger partial charge in [0.1, 0.15) is 0 Å². The van der Waals surface area contributed by atoms with E-state index in [1.165, 1.54) is 0 Å². The Labute approximate surface area is 109 Å². The molecule has 1 N–H and O–H groups in total. The van der Waals surface area contributed by atoms with Gasteiger partial charge < -0.3 is 10.1 Å². The van der Waals surface area contributed by atoms with Crippen molar-refractivity contribution >= 4 is 34.9 Å². The van der Waals surface area contributed by atoms with Gasteiger partial charge in [-0.05, 0) is 25.1 Å². The number of carbonyl (C=O) groups excluding carboxylic acids is 1. The number of ether oxygens (including phenoxy) is 1. The summed E-state index contributed by atoms with van der Waals surface area (Å²) >= 11 is 11.8. The molecule has 3 nitrogen and oxygen atoms in total.